The fourth-order valence-electron chi connectivity index (χ4n) is 2.84. The van der Waals surface area contributed by atoms with Crippen molar-refractivity contribution in [2.24, 2.45) is 0 Å². The number of anilines is 2. The molecule has 0 radical (unpaired) electrons. The van der Waals surface area contributed by atoms with Crippen LogP contribution in [0.25, 0.3) is 0 Å². The molecule has 0 bridgehead atoms. The molecule has 0 aromatic carbocycles. The minimum atomic E-state index is 0.570. The van der Waals surface area contributed by atoms with E-state index in [1.165, 1.54) is 5.57 Å². The Morgan fingerprint density at radius 3 is 2.77 bits per heavy atom. The van der Waals surface area contributed by atoms with Crippen molar-refractivity contribution in [3.05, 3.63) is 53.9 Å². The number of nitrogens with zero attached hydrogens (tertiary/aromatic N) is 3. The molecule has 0 spiro atoms. The molecule has 0 saturated carbocycles. The highest BCUT2D eigenvalue weighted by Crippen LogP contribution is 2.26. The maximum Gasteiger partial charge on any atom is 0.229 e. The van der Waals surface area contributed by atoms with Crippen LogP contribution in [0.1, 0.15) is 25.3 Å². The first-order valence-corrected chi connectivity index (χ1v) is 8.69. The van der Waals surface area contributed by atoms with Crippen molar-refractivity contribution in [1.82, 2.24) is 9.97 Å². The highest BCUT2D eigenvalue weighted by molar-refractivity contribution is 5.64. The Labute approximate surface area is 153 Å². The van der Waals surface area contributed by atoms with Crippen LogP contribution in [0, 0.1) is 11.8 Å². The fraction of sp³-hybridized carbons (Fsp3) is 0.300. The minimum absolute atomic E-state index is 0.570. The molecule has 2 aromatic rings. The van der Waals surface area contributed by atoms with Gasteiger partial charge in [-0.05, 0) is 50.1 Å². The smallest absolute Gasteiger partial charge is 0.229 e. The third-order valence-corrected chi connectivity index (χ3v) is 4.15. The van der Waals surface area contributed by atoms with Crippen LogP contribution in [0.4, 0.5) is 11.5 Å². The standard InChI is InChI=1S/C20H22N4O2/c1-2-26-20-17(8-4-13-22-20)7-3-6-16-10-14-24(15-11-16)19-18(23-25)9-5-12-21-19/h4-6,8-9,12-13,23,25H,2,10-11,14-15H2,1H3. The van der Waals surface area contributed by atoms with Gasteiger partial charge in [0.1, 0.15) is 5.69 Å². The summed E-state index contributed by atoms with van der Waals surface area (Å²) in [5, 5.41) is 9.22. The molecule has 6 nitrogen and oxygen atoms in total. The van der Waals surface area contributed by atoms with Crippen molar-refractivity contribution in [2.45, 2.75) is 19.8 Å². The Bertz CT molecular complexity index is 829. The van der Waals surface area contributed by atoms with Gasteiger partial charge in [-0.3, -0.25) is 10.7 Å². The van der Waals surface area contributed by atoms with Crippen LogP contribution in [-0.2, 0) is 0 Å². The summed E-state index contributed by atoms with van der Waals surface area (Å²) >= 11 is 0. The lowest BCUT2D eigenvalue weighted by molar-refractivity contribution is 0.326. The molecule has 26 heavy (non-hydrogen) atoms. The first-order chi connectivity index (χ1) is 12.8. The van der Waals surface area contributed by atoms with Crippen molar-refractivity contribution in [3.8, 4) is 17.7 Å². The molecule has 2 N–H and O–H groups in total. The first-order valence-electron chi connectivity index (χ1n) is 8.69. The van der Waals surface area contributed by atoms with E-state index in [0.29, 0.717) is 18.2 Å². The second kappa shape index (κ2) is 8.88. The van der Waals surface area contributed by atoms with Crippen LogP contribution >= 0.6 is 0 Å². The Hall–Kier alpha value is -3.04. The number of nitrogens with one attached hydrogen (secondary N) is 1. The molecule has 0 amide bonds. The zero-order valence-corrected chi connectivity index (χ0v) is 14.8. The van der Waals surface area contributed by atoms with Crippen molar-refractivity contribution < 1.29 is 9.94 Å². The van der Waals surface area contributed by atoms with E-state index in [1.54, 1.807) is 18.5 Å². The van der Waals surface area contributed by atoms with E-state index in [9.17, 15) is 5.21 Å². The molecule has 1 aliphatic heterocycles. The lowest BCUT2D eigenvalue weighted by atomic mass is 10.0. The van der Waals surface area contributed by atoms with E-state index in [0.717, 1.165) is 37.3 Å². The van der Waals surface area contributed by atoms with Gasteiger partial charge in [0.25, 0.3) is 0 Å². The zero-order valence-electron chi connectivity index (χ0n) is 14.8. The summed E-state index contributed by atoms with van der Waals surface area (Å²) in [4.78, 5) is 10.7. The van der Waals surface area contributed by atoms with E-state index in [4.69, 9.17) is 4.74 Å². The van der Waals surface area contributed by atoms with E-state index in [1.807, 2.05) is 31.2 Å². The molecule has 3 rings (SSSR count). The second-order valence-corrected chi connectivity index (χ2v) is 5.83. The predicted molar refractivity (Wildman–Crippen MR) is 101 cm³/mol. The molecule has 0 atom stereocenters. The highest BCUT2D eigenvalue weighted by atomic mass is 16.5. The molecule has 6 heteroatoms. The van der Waals surface area contributed by atoms with Gasteiger partial charge < -0.3 is 9.64 Å². The molecule has 0 aliphatic carbocycles. The summed E-state index contributed by atoms with van der Waals surface area (Å²) in [6.45, 7) is 4.19. The largest absolute Gasteiger partial charge is 0.477 e. The van der Waals surface area contributed by atoms with Crippen molar-refractivity contribution >= 4 is 11.5 Å². The Balaban J connectivity index is 1.64. The molecule has 1 fully saturated rings. The van der Waals surface area contributed by atoms with E-state index in [2.05, 4.69) is 32.2 Å². The molecule has 1 aliphatic rings. The molecule has 1 saturated heterocycles. The molecule has 2 aromatic heterocycles. The number of pyridine rings is 2. The van der Waals surface area contributed by atoms with Crippen LogP contribution in [0.3, 0.4) is 0 Å². The summed E-state index contributed by atoms with van der Waals surface area (Å²) in [6, 6.07) is 7.37. The number of ether oxygens (including phenoxy) is 1. The van der Waals surface area contributed by atoms with Crippen molar-refractivity contribution in [2.75, 3.05) is 30.1 Å². The number of rotatable bonds is 4. The van der Waals surface area contributed by atoms with Gasteiger partial charge in [-0.25, -0.2) is 9.97 Å². The molecule has 134 valence electrons. The second-order valence-electron chi connectivity index (χ2n) is 5.83. The zero-order chi connectivity index (χ0) is 18.2. The van der Waals surface area contributed by atoms with Gasteiger partial charge in [0.15, 0.2) is 5.82 Å². The summed E-state index contributed by atoms with van der Waals surface area (Å²) in [6.07, 6.45) is 7.26. The third kappa shape index (κ3) is 4.32. The van der Waals surface area contributed by atoms with Crippen LogP contribution in [0.5, 0.6) is 5.88 Å². The summed E-state index contributed by atoms with van der Waals surface area (Å²) in [5.74, 6) is 7.61. The Morgan fingerprint density at radius 1 is 1.23 bits per heavy atom. The monoisotopic (exact) mass is 350 g/mol. The lowest BCUT2D eigenvalue weighted by Gasteiger charge is -2.30. The first kappa shape index (κ1) is 17.8. The number of allylic oxidation sites excluding steroid dienone is 1. The molecule has 3 heterocycles. The maximum atomic E-state index is 9.22. The summed E-state index contributed by atoms with van der Waals surface area (Å²) < 4.78 is 5.49. The Morgan fingerprint density at radius 2 is 2.00 bits per heavy atom. The number of hydrogen-bond donors (Lipinski definition) is 2. The normalized spacial score (nSPS) is 13.6. The number of piperidine rings is 1. The van der Waals surface area contributed by atoms with Crippen molar-refractivity contribution in [1.29, 1.82) is 0 Å². The molecule has 0 unspecified atom stereocenters. The van der Waals surface area contributed by atoms with Gasteiger partial charge in [-0.1, -0.05) is 17.4 Å². The molecular weight excluding hydrogens is 328 g/mol. The average Bonchev–Trinajstić information content (AvgIpc) is 2.70. The minimum Gasteiger partial charge on any atom is -0.477 e. The van der Waals surface area contributed by atoms with Crippen LogP contribution in [0.15, 0.2) is 48.3 Å². The molecular formula is C20H22N4O2. The Kier molecular flexibility index (Phi) is 6.07. The average molecular weight is 350 g/mol. The van der Waals surface area contributed by atoms with Gasteiger partial charge in [-0.15, -0.1) is 0 Å². The van der Waals surface area contributed by atoms with Crippen LogP contribution < -0.4 is 15.1 Å². The van der Waals surface area contributed by atoms with Crippen molar-refractivity contribution in [3.63, 3.8) is 0 Å². The lowest BCUT2D eigenvalue weighted by Crippen LogP contribution is -2.31. The van der Waals surface area contributed by atoms with Crippen LogP contribution in [-0.4, -0.2) is 34.9 Å². The van der Waals surface area contributed by atoms with E-state index >= 15 is 0 Å². The van der Waals surface area contributed by atoms with Gasteiger partial charge in [0.2, 0.25) is 5.88 Å². The maximum absolute atomic E-state index is 9.22. The SMILES string of the molecule is CCOc1ncccc1C#CC=C1CCN(c2ncccc2NO)CC1. The highest BCUT2D eigenvalue weighted by Gasteiger charge is 2.17. The van der Waals surface area contributed by atoms with Gasteiger partial charge in [0.05, 0.1) is 12.2 Å². The van der Waals surface area contributed by atoms with Gasteiger partial charge in [-0.2, -0.15) is 0 Å². The van der Waals surface area contributed by atoms with Gasteiger partial charge in [0, 0.05) is 25.5 Å². The fourth-order valence-corrected chi connectivity index (χ4v) is 2.84. The van der Waals surface area contributed by atoms with Crippen LogP contribution in [0.2, 0.25) is 0 Å². The quantitative estimate of drug-likeness (QED) is 0.651. The van der Waals surface area contributed by atoms with E-state index in [-0.39, 0.29) is 0 Å². The summed E-state index contributed by atoms with van der Waals surface area (Å²) in [5.41, 5.74) is 4.95. The number of aromatic nitrogens is 2. The summed E-state index contributed by atoms with van der Waals surface area (Å²) in [7, 11) is 0. The van der Waals surface area contributed by atoms with Gasteiger partial charge >= 0.3 is 0 Å². The predicted octanol–water partition coefficient (Wildman–Crippen LogP) is 3.25. The van der Waals surface area contributed by atoms with E-state index < -0.39 is 0 Å². The third-order valence-electron chi connectivity index (χ3n) is 4.15. The topological polar surface area (TPSA) is 70.5 Å². The number of hydrogen-bond acceptors (Lipinski definition) is 6.